The van der Waals surface area contributed by atoms with Crippen LogP contribution in [0.1, 0.15) is 50.2 Å². The Kier molecular flexibility index (Phi) is 11.8. The van der Waals surface area contributed by atoms with Crippen LogP contribution in [-0.2, 0) is 35.0 Å². The van der Waals surface area contributed by atoms with Gasteiger partial charge in [0.25, 0.3) is 0 Å². The van der Waals surface area contributed by atoms with Crippen LogP contribution in [0.25, 0.3) is 0 Å². The van der Waals surface area contributed by atoms with Gasteiger partial charge in [-0.2, -0.15) is 0 Å². The number of nitrogens with zero attached hydrogens (tertiary/aromatic N) is 1. The van der Waals surface area contributed by atoms with E-state index in [4.69, 9.17) is 23.7 Å². The summed E-state index contributed by atoms with van der Waals surface area (Å²) in [5, 5.41) is 0. The second kappa shape index (κ2) is 15.2. The van der Waals surface area contributed by atoms with Crippen molar-refractivity contribution in [1.29, 1.82) is 0 Å². The van der Waals surface area contributed by atoms with E-state index in [1.165, 1.54) is 19.4 Å². The van der Waals surface area contributed by atoms with E-state index in [0.29, 0.717) is 13.0 Å². The molecule has 0 N–H and O–H groups in total. The molecule has 2 heterocycles. The van der Waals surface area contributed by atoms with E-state index < -0.39 is 42.0 Å². The lowest BCUT2D eigenvalue weighted by Crippen LogP contribution is -2.40. The lowest BCUT2D eigenvalue weighted by atomic mass is 9.91. The average Bonchev–Trinajstić information content (AvgIpc) is 2.96. The Labute approximate surface area is 239 Å². The summed E-state index contributed by atoms with van der Waals surface area (Å²) < 4.78 is 32.8. The Morgan fingerprint density at radius 3 is 2.49 bits per heavy atom. The molecule has 1 aliphatic heterocycles. The Morgan fingerprint density at radius 1 is 1.10 bits per heavy atom. The summed E-state index contributed by atoms with van der Waals surface area (Å²) in [4.78, 5) is 53.8. The third-order valence-electron chi connectivity index (χ3n) is 6.37. The number of carbonyl (C=O) groups is 4. The molecule has 3 rings (SSSR count). The highest BCUT2D eigenvalue weighted by Gasteiger charge is 2.36. The molecule has 41 heavy (non-hydrogen) atoms. The number of methoxy groups -OCH3 is 1. The van der Waals surface area contributed by atoms with E-state index in [1.807, 2.05) is 44.2 Å². The molecule has 1 fully saturated rings. The normalized spacial score (nSPS) is 21.2. The minimum Gasteiger partial charge on any atom is -0.493 e. The SMILES string of the molecule is COc1ccnc(C(=O)C[C@H]2COC[C@H](Cc3ccccc3)[C@@H](OCC(C)C)[C@H](C)OC2=O)c1OC(=O)OC(C)=O. The highest BCUT2D eigenvalue weighted by atomic mass is 16.7. The van der Waals surface area contributed by atoms with E-state index in [9.17, 15) is 19.2 Å². The van der Waals surface area contributed by atoms with Gasteiger partial charge in [0.2, 0.25) is 5.75 Å². The van der Waals surface area contributed by atoms with Gasteiger partial charge in [0.15, 0.2) is 17.2 Å². The molecule has 0 amide bonds. The van der Waals surface area contributed by atoms with Crippen molar-refractivity contribution < 1.29 is 47.6 Å². The van der Waals surface area contributed by atoms with Gasteiger partial charge in [0.1, 0.15) is 6.10 Å². The predicted molar refractivity (Wildman–Crippen MR) is 146 cm³/mol. The van der Waals surface area contributed by atoms with Crippen molar-refractivity contribution >= 4 is 23.9 Å². The summed E-state index contributed by atoms with van der Waals surface area (Å²) in [6.07, 6.45) is -0.786. The van der Waals surface area contributed by atoms with Crippen LogP contribution >= 0.6 is 0 Å². The summed E-state index contributed by atoms with van der Waals surface area (Å²) in [5.74, 6) is -3.26. The lowest BCUT2D eigenvalue weighted by Gasteiger charge is -2.31. The highest BCUT2D eigenvalue weighted by molar-refractivity contribution is 6.00. The van der Waals surface area contributed by atoms with Crippen LogP contribution in [0.2, 0.25) is 0 Å². The molecule has 222 valence electrons. The molecule has 1 aliphatic rings. The van der Waals surface area contributed by atoms with Gasteiger partial charge in [-0.05, 0) is 24.8 Å². The second-order valence-electron chi connectivity index (χ2n) is 10.3. The molecular weight excluding hydrogens is 534 g/mol. The molecule has 0 spiro atoms. The number of hydrogen-bond acceptors (Lipinski definition) is 11. The van der Waals surface area contributed by atoms with Crippen LogP contribution in [0.4, 0.5) is 4.79 Å². The monoisotopic (exact) mass is 571 g/mol. The number of aromatic nitrogens is 1. The summed E-state index contributed by atoms with van der Waals surface area (Å²) in [7, 11) is 1.31. The summed E-state index contributed by atoms with van der Waals surface area (Å²) in [6, 6.07) is 11.3. The number of esters is 2. The van der Waals surface area contributed by atoms with Crippen LogP contribution in [0.15, 0.2) is 42.6 Å². The number of cyclic esters (lactones) is 1. The zero-order valence-corrected chi connectivity index (χ0v) is 24.0. The molecule has 0 saturated carbocycles. The molecule has 11 nitrogen and oxygen atoms in total. The molecule has 2 aromatic rings. The van der Waals surface area contributed by atoms with Crippen LogP contribution in [0, 0.1) is 17.8 Å². The largest absolute Gasteiger partial charge is 0.521 e. The third-order valence-corrected chi connectivity index (χ3v) is 6.37. The first-order chi connectivity index (χ1) is 19.6. The lowest BCUT2D eigenvalue weighted by molar-refractivity contribution is -0.163. The van der Waals surface area contributed by atoms with Crippen LogP contribution in [-0.4, -0.2) is 68.0 Å². The molecule has 0 radical (unpaired) electrons. The van der Waals surface area contributed by atoms with Gasteiger partial charge in [-0.1, -0.05) is 44.2 Å². The van der Waals surface area contributed by atoms with Gasteiger partial charge >= 0.3 is 18.1 Å². The minimum atomic E-state index is -1.35. The number of benzene rings is 1. The van der Waals surface area contributed by atoms with Crippen molar-refractivity contribution in [3.05, 3.63) is 53.9 Å². The Balaban J connectivity index is 1.81. The first-order valence-corrected chi connectivity index (χ1v) is 13.5. The predicted octanol–water partition coefficient (Wildman–Crippen LogP) is 4.20. The maximum absolute atomic E-state index is 13.4. The summed E-state index contributed by atoms with van der Waals surface area (Å²) >= 11 is 0. The number of ether oxygens (including phenoxy) is 6. The van der Waals surface area contributed by atoms with Crippen LogP contribution in [0.3, 0.4) is 0 Å². The van der Waals surface area contributed by atoms with E-state index in [2.05, 4.69) is 9.72 Å². The standard InChI is InChI=1S/C30H37NO10/c1-18(2)15-38-27-19(3)39-29(34)23(17-37-16-22(27)13-21-9-7-6-8-10-21)14-24(33)26-28(25(36-5)11-12-31-26)41-30(35)40-20(4)32/h6-12,18-19,22-23,27H,13-17H2,1-5H3/t19-,22-,23-,27-/m0/s1. The van der Waals surface area contributed by atoms with E-state index in [1.54, 1.807) is 6.92 Å². The van der Waals surface area contributed by atoms with Crippen molar-refractivity contribution in [3.63, 3.8) is 0 Å². The van der Waals surface area contributed by atoms with Gasteiger partial charge in [-0.3, -0.25) is 14.4 Å². The average molecular weight is 572 g/mol. The molecular formula is C30H37NO10. The molecule has 1 saturated heterocycles. The molecule has 0 unspecified atom stereocenters. The van der Waals surface area contributed by atoms with Gasteiger partial charge in [-0.15, -0.1) is 0 Å². The smallest absolute Gasteiger partial charge is 0.493 e. The first-order valence-electron chi connectivity index (χ1n) is 13.5. The third kappa shape index (κ3) is 9.36. The Morgan fingerprint density at radius 2 is 1.83 bits per heavy atom. The fraction of sp³-hybridized carbons (Fsp3) is 0.500. The summed E-state index contributed by atoms with van der Waals surface area (Å²) in [5.41, 5.74) is 0.828. The van der Waals surface area contributed by atoms with Crippen LogP contribution in [0.5, 0.6) is 11.5 Å². The van der Waals surface area contributed by atoms with Gasteiger partial charge in [-0.25, -0.2) is 9.78 Å². The number of rotatable bonds is 10. The zero-order valence-electron chi connectivity index (χ0n) is 24.0. The van der Waals surface area contributed by atoms with E-state index in [0.717, 1.165) is 12.5 Å². The zero-order chi connectivity index (χ0) is 29.9. The maximum atomic E-state index is 13.4. The highest BCUT2D eigenvalue weighted by Crippen LogP contribution is 2.32. The van der Waals surface area contributed by atoms with Crippen molar-refractivity contribution in [2.75, 3.05) is 26.9 Å². The number of carbonyl (C=O) groups excluding carboxylic acids is 4. The molecule has 11 heteroatoms. The Hall–Kier alpha value is -3.83. The molecule has 0 bridgehead atoms. The molecule has 1 aromatic heterocycles. The van der Waals surface area contributed by atoms with Crippen molar-refractivity contribution in [2.24, 2.45) is 17.8 Å². The van der Waals surface area contributed by atoms with Gasteiger partial charge < -0.3 is 28.4 Å². The fourth-order valence-electron chi connectivity index (χ4n) is 4.49. The second-order valence-corrected chi connectivity index (χ2v) is 10.3. The minimum absolute atomic E-state index is 0.0136. The Bertz CT molecular complexity index is 1200. The van der Waals surface area contributed by atoms with Crippen molar-refractivity contribution in [1.82, 2.24) is 4.98 Å². The fourth-order valence-corrected chi connectivity index (χ4v) is 4.49. The summed E-state index contributed by atoms with van der Waals surface area (Å²) in [6.45, 7) is 7.58. The van der Waals surface area contributed by atoms with E-state index >= 15 is 0 Å². The number of Topliss-reactive ketones (excluding diaryl/α,β-unsaturated/α-hetero) is 1. The molecule has 0 aliphatic carbocycles. The first kappa shape index (κ1) is 31.7. The number of ketones is 1. The van der Waals surface area contributed by atoms with Gasteiger partial charge in [0, 0.05) is 38.1 Å². The molecule has 4 atom stereocenters. The number of pyridine rings is 1. The van der Waals surface area contributed by atoms with Crippen molar-refractivity contribution in [3.8, 4) is 11.5 Å². The molecule has 1 aromatic carbocycles. The van der Waals surface area contributed by atoms with E-state index in [-0.39, 0.29) is 48.7 Å². The van der Waals surface area contributed by atoms with Crippen LogP contribution < -0.4 is 9.47 Å². The number of hydrogen-bond donors (Lipinski definition) is 0. The quantitative estimate of drug-likeness (QED) is 0.230. The topological polar surface area (TPSA) is 137 Å². The van der Waals surface area contributed by atoms with Crippen molar-refractivity contribution in [2.45, 2.75) is 52.7 Å². The maximum Gasteiger partial charge on any atom is 0.521 e. The van der Waals surface area contributed by atoms with Gasteiger partial charge in [0.05, 0.1) is 32.3 Å².